The van der Waals surface area contributed by atoms with Crippen molar-refractivity contribution < 1.29 is 0 Å². The maximum atomic E-state index is 4.76. The van der Waals surface area contributed by atoms with Gasteiger partial charge in [0.05, 0.1) is 0 Å². The van der Waals surface area contributed by atoms with Crippen LogP contribution in [0.2, 0.25) is 0 Å². The van der Waals surface area contributed by atoms with Gasteiger partial charge in [0, 0.05) is 18.8 Å². The molecule has 0 aromatic rings. The molecule has 2 nitrogen and oxygen atoms in total. The van der Waals surface area contributed by atoms with Crippen LogP contribution in [0, 0.1) is 17.3 Å². The lowest BCUT2D eigenvalue weighted by atomic mass is 9.89. The van der Waals surface area contributed by atoms with Crippen molar-refractivity contribution in [1.29, 1.82) is 0 Å². The Kier molecular flexibility index (Phi) is 2.90. The molecule has 0 saturated heterocycles. The van der Waals surface area contributed by atoms with Gasteiger partial charge in [-0.1, -0.05) is 31.5 Å². The Morgan fingerprint density at radius 1 is 1.44 bits per heavy atom. The number of hydrogen-bond donors (Lipinski definition) is 1. The van der Waals surface area contributed by atoms with E-state index in [1.54, 1.807) is 0 Å². The van der Waals surface area contributed by atoms with Crippen LogP contribution >= 0.6 is 11.8 Å². The van der Waals surface area contributed by atoms with Gasteiger partial charge in [-0.25, -0.2) is 0 Å². The summed E-state index contributed by atoms with van der Waals surface area (Å²) in [5, 5.41) is 4.75. The molecule has 1 N–H and O–H groups in total. The monoisotopic (exact) mass is 238 g/mol. The van der Waals surface area contributed by atoms with Crippen LogP contribution in [0.25, 0.3) is 0 Å². The van der Waals surface area contributed by atoms with Gasteiger partial charge in [0.15, 0.2) is 5.17 Å². The van der Waals surface area contributed by atoms with Gasteiger partial charge in [-0.15, -0.1) is 0 Å². The molecule has 0 bridgehead atoms. The van der Waals surface area contributed by atoms with E-state index in [4.69, 9.17) is 4.99 Å². The first-order valence-electron chi connectivity index (χ1n) is 6.69. The summed E-state index contributed by atoms with van der Waals surface area (Å²) in [5.41, 5.74) is 0.586. The van der Waals surface area contributed by atoms with Crippen molar-refractivity contribution in [3.63, 3.8) is 0 Å². The molecule has 2 saturated carbocycles. The Labute approximate surface area is 103 Å². The molecule has 16 heavy (non-hydrogen) atoms. The molecule has 0 aromatic carbocycles. The van der Waals surface area contributed by atoms with Crippen LogP contribution in [0.5, 0.6) is 0 Å². The zero-order valence-electron chi connectivity index (χ0n) is 10.2. The summed E-state index contributed by atoms with van der Waals surface area (Å²) < 4.78 is 0. The number of amidine groups is 1. The van der Waals surface area contributed by atoms with Crippen LogP contribution in [-0.2, 0) is 0 Å². The summed E-state index contributed by atoms with van der Waals surface area (Å²) in [4.78, 5) is 4.76. The van der Waals surface area contributed by atoms with E-state index in [0.29, 0.717) is 5.41 Å². The maximum Gasteiger partial charge on any atom is 0.156 e. The lowest BCUT2D eigenvalue weighted by molar-refractivity contribution is 0.358. The van der Waals surface area contributed by atoms with E-state index < -0.39 is 0 Å². The van der Waals surface area contributed by atoms with Gasteiger partial charge >= 0.3 is 0 Å². The first-order chi connectivity index (χ1) is 7.77. The fourth-order valence-electron chi connectivity index (χ4n) is 2.99. The predicted molar refractivity (Wildman–Crippen MR) is 70.9 cm³/mol. The first-order valence-corrected chi connectivity index (χ1v) is 7.67. The highest BCUT2D eigenvalue weighted by Crippen LogP contribution is 2.43. The Morgan fingerprint density at radius 3 is 2.75 bits per heavy atom. The summed E-state index contributed by atoms with van der Waals surface area (Å²) in [6, 6.07) is 0. The number of rotatable bonds is 2. The summed E-state index contributed by atoms with van der Waals surface area (Å²) >= 11 is 1.97. The SMILES string of the molecule is CC1CC1CNC1=NCC2(CCCC2)CS1. The Hall–Kier alpha value is -0.180. The minimum atomic E-state index is 0.586. The number of aliphatic imine (C=N–C) groups is 1. The number of nitrogens with zero attached hydrogens (tertiary/aromatic N) is 1. The molecule has 0 aromatic heterocycles. The number of nitrogens with one attached hydrogen (secondary N) is 1. The molecular weight excluding hydrogens is 216 g/mol. The van der Waals surface area contributed by atoms with Gasteiger partial charge in [-0.05, 0) is 36.5 Å². The van der Waals surface area contributed by atoms with Crippen molar-refractivity contribution in [3.05, 3.63) is 0 Å². The van der Waals surface area contributed by atoms with E-state index in [-0.39, 0.29) is 0 Å². The third kappa shape index (κ3) is 2.24. The second kappa shape index (κ2) is 4.25. The van der Waals surface area contributed by atoms with Crippen LogP contribution in [0.4, 0.5) is 0 Å². The quantitative estimate of drug-likeness (QED) is 0.800. The molecule has 3 aliphatic rings. The van der Waals surface area contributed by atoms with Gasteiger partial charge in [0.2, 0.25) is 0 Å². The highest BCUT2D eigenvalue weighted by atomic mass is 32.2. The highest BCUT2D eigenvalue weighted by molar-refractivity contribution is 8.13. The Bertz CT molecular complexity index is 294. The molecule has 0 radical (unpaired) electrons. The van der Waals surface area contributed by atoms with Crippen molar-refractivity contribution in [3.8, 4) is 0 Å². The molecule has 3 heteroatoms. The van der Waals surface area contributed by atoms with Gasteiger partial charge in [-0.3, -0.25) is 4.99 Å². The molecule has 2 unspecified atom stereocenters. The zero-order valence-corrected chi connectivity index (χ0v) is 11.0. The molecule has 2 fully saturated rings. The Balaban J connectivity index is 1.49. The molecule has 2 atom stereocenters. The second-order valence-corrected chi connectivity index (χ2v) is 6.94. The van der Waals surface area contributed by atoms with Crippen molar-refractivity contribution in [2.45, 2.75) is 39.0 Å². The molecule has 1 aliphatic heterocycles. The summed E-state index contributed by atoms with van der Waals surface area (Å²) in [6.07, 6.45) is 7.10. The molecular formula is C13H22N2S. The van der Waals surface area contributed by atoms with Crippen molar-refractivity contribution in [2.24, 2.45) is 22.2 Å². The topological polar surface area (TPSA) is 24.4 Å². The average molecular weight is 238 g/mol. The number of hydrogen-bond acceptors (Lipinski definition) is 3. The zero-order chi connectivity index (χ0) is 11.0. The average Bonchev–Trinajstić information content (AvgIpc) is 2.82. The summed E-state index contributed by atoms with van der Waals surface area (Å²) in [7, 11) is 0. The molecule has 3 rings (SSSR count). The third-order valence-corrected chi connectivity index (χ3v) is 5.83. The van der Waals surface area contributed by atoms with E-state index in [2.05, 4.69) is 12.2 Å². The normalized spacial score (nSPS) is 36.2. The largest absolute Gasteiger partial charge is 0.365 e. The smallest absolute Gasteiger partial charge is 0.156 e. The van der Waals surface area contributed by atoms with E-state index >= 15 is 0 Å². The number of thioether (sulfide) groups is 1. The predicted octanol–water partition coefficient (Wildman–Crippen LogP) is 2.90. The van der Waals surface area contributed by atoms with Crippen LogP contribution in [0.3, 0.4) is 0 Å². The van der Waals surface area contributed by atoms with Gasteiger partial charge < -0.3 is 5.32 Å². The van der Waals surface area contributed by atoms with Crippen molar-refractivity contribution >= 4 is 16.9 Å². The minimum Gasteiger partial charge on any atom is -0.365 e. The van der Waals surface area contributed by atoms with Crippen LogP contribution in [0.15, 0.2) is 4.99 Å². The minimum absolute atomic E-state index is 0.586. The highest BCUT2D eigenvalue weighted by Gasteiger charge is 2.37. The Morgan fingerprint density at radius 2 is 2.19 bits per heavy atom. The van der Waals surface area contributed by atoms with Crippen LogP contribution in [0.1, 0.15) is 39.0 Å². The molecule has 0 amide bonds. The van der Waals surface area contributed by atoms with Crippen LogP contribution < -0.4 is 5.32 Å². The second-order valence-electron chi connectivity index (χ2n) is 5.97. The third-order valence-electron chi connectivity index (χ3n) is 4.53. The first kappa shape index (κ1) is 10.9. The molecule has 2 aliphatic carbocycles. The molecule has 90 valence electrons. The lowest BCUT2D eigenvalue weighted by Gasteiger charge is -2.31. The van der Waals surface area contributed by atoms with Gasteiger partial charge in [-0.2, -0.15) is 0 Å². The van der Waals surface area contributed by atoms with E-state index in [9.17, 15) is 0 Å². The fourth-order valence-corrected chi connectivity index (χ4v) is 4.15. The standard InChI is InChI=1S/C13H22N2S/c1-10-6-11(10)7-14-12-15-8-13(9-16-12)4-2-3-5-13/h10-11H,2-9H2,1H3,(H,14,15). The van der Waals surface area contributed by atoms with E-state index in [1.165, 1.54) is 43.0 Å². The lowest BCUT2D eigenvalue weighted by Crippen LogP contribution is -2.34. The fraction of sp³-hybridized carbons (Fsp3) is 0.923. The molecule has 1 spiro atoms. The molecule has 1 heterocycles. The van der Waals surface area contributed by atoms with Gasteiger partial charge in [0.1, 0.15) is 0 Å². The van der Waals surface area contributed by atoms with E-state index in [0.717, 1.165) is 24.9 Å². The van der Waals surface area contributed by atoms with Crippen molar-refractivity contribution in [2.75, 3.05) is 18.8 Å². The summed E-state index contributed by atoms with van der Waals surface area (Å²) in [6.45, 7) is 4.58. The van der Waals surface area contributed by atoms with E-state index in [1.807, 2.05) is 11.8 Å². The van der Waals surface area contributed by atoms with Crippen molar-refractivity contribution in [1.82, 2.24) is 5.32 Å². The van der Waals surface area contributed by atoms with Crippen LogP contribution in [-0.4, -0.2) is 24.0 Å². The van der Waals surface area contributed by atoms with Gasteiger partial charge in [0.25, 0.3) is 0 Å². The maximum absolute atomic E-state index is 4.76. The summed E-state index contributed by atoms with van der Waals surface area (Å²) in [5.74, 6) is 3.17.